The van der Waals surface area contributed by atoms with E-state index in [-0.39, 0.29) is 18.3 Å². The number of anilines is 1. The second-order valence-corrected chi connectivity index (χ2v) is 7.49. The first-order chi connectivity index (χ1) is 13.5. The van der Waals surface area contributed by atoms with Crippen molar-refractivity contribution in [3.63, 3.8) is 0 Å². The Hall–Kier alpha value is -2.80. The largest absolute Gasteiger partial charge is 0.455 e. The lowest BCUT2D eigenvalue weighted by Gasteiger charge is -2.08. The molecule has 2 amide bonds. The summed E-state index contributed by atoms with van der Waals surface area (Å²) in [5.74, 6) is -0.992. The summed E-state index contributed by atoms with van der Waals surface area (Å²) >= 11 is 1.41. The molecule has 1 aliphatic rings. The number of amides is 2. The lowest BCUT2D eigenvalue weighted by molar-refractivity contribution is -0.144. The zero-order valence-electron chi connectivity index (χ0n) is 15.6. The first-order valence-corrected chi connectivity index (χ1v) is 10.1. The fourth-order valence-electron chi connectivity index (χ4n) is 3.05. The first kappa shape index (κ1) is 19.9. The number of thioether (sulfide) groups is 1. The van der Waals surface area contributed by atoms with E-state index in [1.807, 2.05) is 6.07 Å². The summed E-state index contributed by atoms with van der Waals surface area (Å²) in [6.45, 7) is -0.367. The maximum Gasteiger partial charge on any atom is 0.316 e. The van der Waals surface area contributed by atoms with Crippen LogP contribution in [0.5, 0.6) is 0 Å². The van der Waals surface area contributed by atoms with Crippen LogP contribution in [0.4, 0.5) is 5.69 Å². The second-order valence-electron chi connectivity index (χ2n) is 6.44. The van der Waals surface area contributed by atoms with E-state index in [0.717, 1.165) is 17.7 Å². The van der Waals surface area contributed by atoms with Crippen LogP contribution in [0.25, 0.3) is 0 Å². The number of fused-ring (bicyclic) bond motifs is 1. The Morgan fingerprint density at radius 1 is 1.07 bits per heavy atom. The third-order valence-electron chi connectivity index (χ3n) is 4.43. The van der Waals surface area contributed by atoms with E-state index in [2.05, 4.69) is 22.8 Å². The normalized spacial score (nSPS) is 12.2. The van der Waals surface area contributed by atoms with Gasteiger partial charge in [0.1, 0.15) is 0 Å². The fourth-order valence-corrected chi connectivity index (χ4v) is 3.81. The number of carbonyl (C=O) groups excluding carboxylic acids is 3. The van der Waals surface area contributed by atoms with E-state index in [0.29, 0.717) is 11.3 Å². The molecule has 2 N–H and O–H groups in total. The minimum Gasteiger partial charge on any atom is -0.455 e. The first-order valence-electron chi connectivity index (χ1n) is 9.07. The lowest BCUT2D eigenvalue weighted by atomic mass is 10.1. The highest BCUT2D eigenvalue weighted by Crippen LogP contribution is 2.27. The van der Waals surface area contributed by atoms with E-state index in [1.165, 1.54) is 36.4 Å². The Balaban J connectivity index is 1.43. The molecular weight excluding hydrogens is 376 g/mol. The van der Waals surface area contributed by atoms with Crippen molar-refractivity contribution < 1.29 is 19.1 Å². The van der Waals surface area contributed by atoms with Gasteiger partial charge in [-0.1, -0.05) is 12.1 Å². The van der Waals surface area contributed by atoms with Crippen LogP contribution in [-0.4, -0.2) is 37.2 Å². The molecule has 1 aliphatic carbocycles. The summed E-state index contributed by atoms with van der Waals surface area (Å²) in [5.41, 5.74) is 3.65. The van der Waals surface area contributed by atoms with Crippen molar-refractivity contribution in [2.75, 3.05) is 24.7 Å². The molecule has 0 radical (unpaired) electrons. The van der Waals surface area contributed by atoms with Gasteiger partial charge in [-0.3, -0.25) is 14.4 Å². The van der Waals surface area contributed by atoms with Gasteiger partial charge in [0.15, 0.2) is 6.61 Å². The molecular formula is C21H22N2O4S. The predicted molar refractivity (Wildman–Crippen MR) is 109 cm³/mol. The highest BCUT2D eigenvalue weighted by molar-refractivity contribution is 8.00. The van der Waals surface area contributed by atoms with Crippen LogP contribution in [0.15, 0.2) is 47.4 Å². The van der Waals surface area contributed by atoms with Gasteiger partial charge in [0.2, 0.25) is 0 Å². The summed E-state index contributed by atoms with van der Waals surface area (Å²) in [7, 11) is 1.54. The van der Waals surface area contributed by atoms with E-state index in [4.69, 9.17) is 4.74 Å². The van der Waals surface area contributed by atoms with Gasteiger partial charge >= 0.3 is 5.97 Å². The number of nitrogens with one attached hydrogen (secondary N) is 2. The maximum absolute atomic E-state index is 12.0. The number of aryl methyl sites for hydroxylation is 2. The quantitative estimate of drug-likeness (QED) is 0.553. The summed E-state index contributed by atoms with van der Waals surface area (Å²) in [6.07, 6.45) is 3.41. The van der Waals surface area contributed by atoms with Crippen LogP contribution in [-0.2, 0) is 27.2 Å². The Kier molecular flexibility index (Phi) is 6.71. The molecule has 0 saturated carbocycles. The summed E-state index contributed by atoms with van der Waals surface area (Å²) < 4.78 is 5.04. The highest BCUT2D eigenvalue weighted by atomic mass is 32.2. The number of esters is 1. The van der Waals surface area contributed by atoms with Crippen molar-refractivity contribution in [3.8, 4) is 0 Å². The smallest absolute Gasteiger partial charge is 0.316 e. The molecule has 2 aromatic carbocycles. The molecule has 6 nitrogen and oxygen atoms in total. The van der Waals surface area contributed by atoms with Gasteiger partial charge < -0.3 is 15.4 Å². The third kappa shape index (κ3) is 5.36. The molecule has 2 aromatic rings. The van der Waals surface area contributed by atoms with Crippen LogP contribution >= 0.6 is 11.8 Å². The van der Waals surface area contributed by atoms with Crippen molar-refractivity contribution >= 4 is 35.2 Å². The Labute approximate surface area is 168 Å². The molecule has 0 aliphatic heterocycles. The van der Waals surface area contributed by atoms with Crippen molar-refractivity contribution in [3.05, 3.63) is 59.2 Å². The van der Waals surface area contributed by atoms with Gasteiger partial charge in [0, 0.05) is 23.2 Å². The molecule has 0 aromatic heterocycles. The fraction of sp³-hybridized carbons (Fsp3) is 0.286. The summed E-state index contributed by atoms with van der Waals surface area (Å²) in [6, 6.07) is 12.8. The van der Waals surface area contributed by atoms with E-state index in [9.17, 15) is 14.4 Å². The van der Waals surface area contributed by atoms with Crippen molar-refractivity contribution in [2.24, 2.45) is 0 Å². The Morgan fingerprint density at radius 3 is 2.71 bits per heavy atom. The topological polar surface area (TPSA) is 84.5 Å². The number of hydrogen-bond donors (Lipinski definition) is 2. The minimum atomic E-state index is -0.454. The molecule has 3 rings (SSSR count). The van der Waals surface area contributed by atoms with E-state index < -0.39 is 11.9 Å². The lowest BCUT2D eigenvalue weighted by Crippen LogP contribution is -2.22. The van der Waals surface area contributed by atoms with Gasteiger partial charge in [-0.2, -0.15) is 0 Å². The number of ether oxygens (including phenoxy) is 1. The summed E-state index contributed by atoms with van der Waals surface area (Å²) in [5, 5.41) is 5.14. The monoisotopic (exact) mass is 398 g/mol. The van der Waals surface area contributed by atoms with Gasteiger partial charge in [-0.05, 0) is 60.7 Å². The molecule has 146 valence electrons. The molecule has 7 heteroatoms. The van der Waals surface area contributed by atoms with Crippen LogP contribution in [0, 0.1) is 0 Å². The molecule has 0 spiro atoms. The Bertz CT molecular complexity index is 898. The molecule has 0 atom stereocenters. The molecule has 0 fully saturated rings. The SMILES string of the molecule is CNC(=O)c1cccc(NC(=O)COC(=O)CSc2ccc3c(c2)CCC3)c1. The van der Waals surface area contributed by atoms with Gasteiger partial charge in [-0.25, -0.2) is 0 Å². The molecule has 0 saturated heterocycles. The number of hydrogen-bond acceptors (Lipinski definition) is 5. The molecule has 0 heterocycles. The Morgan fingerprint density at radius 2 is 1.89 bits per heavy atom. The third-order valence-corrected chi connectivity index (χ3v) is 5.39. The van der Waals surface area contributed by atoms with Gasteiger partial charge in [-0.15, -0.1) is 11.8 Å². The standard InChI is InChI=1S/C21H22N2O4S/c1-22-21(26)16-6-3-7-17(10-16)23-19(24)12-27-20(25)13-28-18-9-8-14-4-2-5-15(14)11-18/h3,6-11H,2,4-5,12-13H2,1H3,(H,22,26)(H,23,24). The average molecular weight is 398 g/mol. The zero-order chi connectivity index (χ0) is 19.9. The van der Waals surface area contributed by atoms with Gasteiger partial charge in [0.25, 0.3) is 11.8 Å². The maximum atomic E-state index is 12.0. The van der Waals surface area contributed by atoms with E-state index >= 15 is 0 Å². The van der Waals surface area contributed by atoms with Crippen LogP contribution < -0.4 is 10.6 Å². The van der Waals surface area contributed by atoms with Crippen LogP contribution in [0.2, 0.25) is 0 Å². The van der Waals surface area contributed by atoms with Crippen molar-refractivity contribution in [1.29, 1.82) is 0 Å². The molecule has 0 bridgehead atoms. The van der Waals surface area contributed by atoms with E-state index in [1.54, 1.807) is 24.3 Å². The number of rotatable bonds is 7. The van der Waals surface area contributed by atoms with Gasteiger partial charge in [0.05, 0.1) is 5.75 Å². The predicted octanol–water partition coefficient (Wildman–Crippen LogP) is 2.81. The number of benzene rings is 2. The zero-order valence-corrected chi connectivity index (χ0v) is 16.4. The van der Waals surface area contributed by atoms with Crippen molar-refractivity contribution in [2.45, 2.75) is 24.2 Å². The van der Waals surface area contributed by atoms with Crippen LogP contribution in [0.1, 0.15) is 27.9 Å². The number of carbonyl (C=O) groups is 3. The average Bonchev–Trinajstić information content (AvgIpc) is 3.18. The van der Waals surface area contributed by atoms with Crippen LogP contribution in [0.3, 0.4) is 0 Å². The minimum absolute atomic E-state index is 0.151. The summed E-state index contributed by atoms with van der Waals surface area (Å²) in [4.78, 5) is 36.5. The molecule has 0 unspecified atom stereocenters. The highest BCUT2D eigenvalue weighted by Gasteiger charge is 2.13. The second kappa shape index (κ2) is 9.41. The molecule has 28 heavy (non-hydrogen) atoms. The van der Waals surface area contributed by atoms with Crippen molar-refractivity contribution in [1.82, 2.24) is 5.32 Å².